The summed E-state index contributed by atoms with van der Waals surface area (Å²) >= 11 is 1.63. The van der Waals surface area contributed by atoms with E-state index in [1.54, 1.807) is 18.4 Å². The summed E-state index contributed by atoms with van der Waals surface area (Å²) in [6.07, 6.45) is 3.42. The monoisotopic (exact) mass is 355 g/mol. The van der Waals surface area contributed by atoms with Crippen molar-refractivity contribution < 1.29 is 9.15 Å². The van der Waals surface area contributed by atoms with Crippen LogP contribution in [-0.2, 0) is 6.54 Å². The minimum Gasteiger partial charge on any atom is -0.496 e. The molecule has 0 N–H and O–H groups in total. The van der Waals surface area contributed by atoms with Gasteiger partial charge in [0.05, 0.1) is 13.2 Å². The molecular weight excluding hydrogens is 334 g/mol. The zero-order valence-electron chi connectivity index (χ0n) is 14.2. The molecule has 1 saturated heterocycles. The summed E-state index contributed by atoms with van der Waals surface area (Å²) in [4.78, 5) is 2.42. The third-order valence-electron chi connectivity index (χ3n) is 4.67. The van der Waals surface area contributed by atoms with Crippen LogP contribution in [-0.4, -0.2) is 28.8 Å². The maximum absolute atomic E-state index is 6.00. The van der Waals surface area contributed by atoms with Crippen LogP contribution in [0, 0.1) is 0 Å². The molecule has 1 aliphatic rings. The second-order valence-corrected chi connectivity index (χ2v) is 7.03. The van der Waals surface area contributed by atoms with Gasteiger partial charge in [-0.25, -0.2) is 0 Å². The molecule has 4 rings (SSSR count). The topological polar surface area (TPSA) is 51.4 Å². The van der Waals surface area contributed by atoms with Crippen molar-refractivity contribution in [2.24, 2.45) is 0 Å². The number of methoxy groups -OCH3 is 1. The van der Waals surface area contributed by atoms with E-state index in [2.05, 4.69) is 27.2 Å². The third kappa shape index (κ3) is 3.45. The molecule has 0 bridgehead atoms. The van der Waals surface area contributed by atoms with Gasteiger partial charge < -0.3 is 9.15 Å². The van der Waals surface area contributed by atoms with Crippen molar-refractivity contribution in [3.63, 3.8) is 0 Å². The minimum atomic E-state index is 0.165. The number of hydrogen-bond acceptors (Lipinski definition) is 6. The van der Waals surface area contributed by atoms with Gasteiger partial charge >= 0.3 is 0 Å². The largest absolute Gasteiger partial charge is 0.496 e. The molecule has 1 aromatic carbocycles. The molecule has 6 heteroatoms. The molecule has 1 fully saturated rings. The smallest absolute Gasteiger partial charge is 0.248 e. The van der Waals surface area contributed by atoms with E-state index in [-0.39, 0.29) is 6.04 Å². The van der Waals surface area contributed by atoms with Crippen LogP contribution in [0.3, 0.4) is 0 Å². The number of likely N-dealkylation sites (tertiary alicyclic amines) is 1. The number of para-hydroxylation sites is 1. The standard InChI is InChI=1S/C19H21N3O2S/c1-23-17-8-3-2-6-14(17)12-22-10-5-4-7-16(22)19-21-20-18(24-19)15-9-11-25-13-15/h2-3,6,8-9,11,13,16H,4-5,7,10,12H2,1H3/t16-/m1/s1. The molecule has 1 aliphatic heterocycles. The number of ether oxygens (including phenoxy) is 1. The summed E-state index contributed by atoms with van der Waals surface area (Å²) in [6.45, 7) is 1.85. The molecule has 0 aliphatic carbocycles. The number of nitrogens with zero attached hydrogens (tertiary/aromatic N) is 3. The van der Waals surface area contributed by atoms with E-state index in [0.29, 0.717) is 5.89 Å². The zero-order valence-corrected chi connectivity index (χ0v) is 15.0. The Morgan fingerprint density at radius 1 is 1.24 bits per heavy atom. The summed E-state index contributed by atoms with van der Waals surface area (Å²) < 4.78 is 11.5. The van der Waals surface area contributed by atoms with Crippen molar-refractivity contribution in [1.82, 2.24) is 15.1 Å². The van der Waals surface area contributed by atoms with Crippen molar-refractivity contribution in [2.75, 3.05) is 13.7 Å². The van der Waals surface area contributed by atoms with E-state index in [1.165, 1.54) is 18.4 Å². The highest BCUT2D eigenvalue weighted by atomic mass is 32.1. The Balaban J connectivity index is 1.57. The number of aromatic nitrogens is 2. The summed E-state index contributed by atoms with van der Waals surface area (Å²) in [7, 11) is 1.72. The summed E-state index contributed by atoms with van der Waals surface area (Å²) in [5.74, 6) is 2.26. The molecule has 3 heterocycles. The Hall–Kier alpha value is -2.18. The van der Waals surface area contributed by atoms with Crippen LogP contribution in [0.1, 0.15) is 36.8 Å². The highest BCUT2D eigenvalue weighted by Crippen LogP contribution is 2.34. The maximum Gasteiger partial charge on any atom is 0.248 e. The van der Waals surface area contributed by atoms with Gasteiger partial charge in [-0.15, -0.1) is 10.2 Å². The van der Waals surface area contributed by atoms with E-state index >= 15 is 0 Å². The lowest BCUT2D eigenvalue weighted by molar-refractivity contribution is 0.117. The predicted octanol–water partition coefficient (Wildman–Crippen LogP) is 4.53. The fraction of sp³-hybridized carbons (Fsp3) is 0.368. The van der Waals surface area contributed by atoms with Gasteiger partial charge in [-0.3, -0.25) is 4.90 Å². The number of piperidine rings is 1. The van der Waals surface area contributed by atoms with Crippen LogP contribution >= 0.6 is 11.3 Å². The number of hydrogen-bond donors (Lipinski definition) is 0. The lowest BCUT2D eigenvalue weighted by atomic mass is 10.0. The fourth-order valence-electron chi connectivity index (χ4n) is 3.38. The van der Waals surface area contributed by atoms with Gasteiger partial charge in [0.2, 0.25) is 11.8 Å². The van der Waals surface area contributed by atoms with Gasteiger partial charge in [-0.05, 0) is 36.9 Å². The molecule has 0 unspecified atom stereocenters. The number of rotatable bonds is 5. The van der Waals surface area contributed by atoms with E-state index < -0.39 is 0 Å². The molecule has 5 nitrogen and oxygen atoms in total. The molecule has 0 radical (unpaired) electrons. The molecule has 0 saturated carbocycles. The maximum atomic E-state index is 6.00. The fourth-order valence-corrected chi connectivity index (χ4v) is 4.01. The molecule has 25 heavy (non-hydrogen) atoms. The van der Waals surface area contributed by atoms with Crippen LogP contribution in [0.5, 0.6) is 5.75 Å². The number of benzene rings is 1. The van der Waals surface area contributed by atoms with Crippen LogP contribution in [0.4, 0.5) is 0 Å². The lowest BCUT2D eigenvalue weighted by Gasteiger charge is -2.33. The quantitative estimate of drug-likeness (QED) is 0.673. The lowest BCUT2D eigenvalue weighted by Crippen LogP contribution is -2.33. The molecular formula is C19H21N3O2S. The Kier molecular flexibility index (Phi) is 4.81. The SMILES string of the molecule is COc1ccccc1CN1CCCC[C@@H]1c1nnc(-c2ccsc2)o1. The highest BCUT2D eigenvalue weighted by Gasteiger charge is 2.29. The van der Waals surface area contributed by atoms with Crippen LogP contribution < -0.4 is 4.74 Å². The van der Waals surface area contributed by atoms with Crippen molar-refractivity contribution in [3.8, 4) is 17.2 Å². The Morgan fingerprint density at radius 2 is 2.16 bits per heavy atom. The van der Waals surface area contributed by atoms with Crippen LogP contribution in [0.15, 0.2) is 45.5 Å². The Morgan fingerprint density at radius 3 is 3.00 bits per heavy atom. The first-order valence-corrected chi connectivity index (χ1v) is 9.51. The van der Waals surface area contributed by atoms with E-state index in [9.17, 15) is 0 Å². The van der Waals surface area contributed by atoms with Crippen molar-refractivity contribution in [1.29, 1.82) is 0 Å². The van der Waals surface area contributed by atoms with E-state index in [1.807, 2.05) is 29.0 Å². The molecule has 2 aromatic heterocycles. The second kappa shape index (κ2) is 7.37. The third-order valence-corrected chi connectivity index (χ3v) is 5.36. The average Bonchev–Trinajstić information content (AvgIpc) is 3.34. The Bertz CT molecular complexity index is 816. The van der Waals surface area contributed by atoms with Crippen molar-refractivity contribution in [3.05, 3.63) is 52.5 Å². The highest BCUT2D eigenvalue weighted by molar-refractivity contribution is 7.08. The molecule has 1 atom stereocenters. The molecule has 3 aromatic rings. The summed E-state index contributed by atoms with van der Waals surface area (Å²) in [5, 5.41) is 12.6. The van der Waals surface area contributed by atoms with Gasteiger partial charge in [-0.1, -0.05) is 24.6 Å². The first-order valence-electron chi connectivity index (χ1n) is 8.57. The predicted molar refractivity (Wildman–Crippen MR) is 97.6 cm³/mol. The van der Waals surface area contributed by atoms with Gasteiger partial charge in [0, 0.05) is 23.1 Å². The van der Waals surface area contributed by atoms with E-state index in [0.717, 1.165) is 36.7 Å². The van der Waals surface area contributed by atoms with Crippen LogP contribution in [0.25, 0.3) is 11.5 Å². The van der Waals surface area contributed by atoms with Gasteiger partial charge in [0.25, 0.3) is 0 Å². The normalized spacial score (nSPS) is 18.4. The van der Waals surface area contributed by atoms with Gasteiger partial charge in [0.15, 0.2) is 0 Å². The van der Waals surface area contributed by atoms with Crippen molar-refractivity contribution in [2.45, 2.75) is 31.8 Å². The van der Waals surface area contributed by atoms with Gasteiger partial charge in [-0.2, -0.15) is 11.3 Å². The minimum absolute atomic E-state index is 0.165. The zero-order chi connectivity index (χ0) is 17.1. The van der Waals surface area contributed by atoms with Crippen LogP contribution in [0.2, 0.25) is 0 Å². The summed E-state index contributed by atoms with van der Waals surface area (Å²) in [5.41, 5.74) is 2.19. The van der Waals surface area contributed by atoms with Gasteiger partial charge in [0.1, 0.15) is 5.75 Å². The van der Waals surface area contributed by atoms with Crippen molar-refractivity contribution >= 4 is 11.3 Å². The Labute approximate surface area is 151 Å². The van der Waals surface area contributed by atoms with E-state index in [4.69, 9.17) is 9.15 Å². The molecule has 0 spiro atoms. The molecule has 0 amide bonds. The first kappa shape index (κ1) is 16.3. The number of thiophene rings is 1. The summed E-state index contributed by atoms with van der Waals surface area (Å²) in [6, 6.07) is 10.4. The first-order chi connectivity index (χ1) is 12.3. The second-order valence-electron chi connectivity index (χ2n) is 6.25. The molecule has 130 valence electrons. The average molecular weight is 355 g/mol.